The van der Waals surface area contributed by atoms with E-state index in [2.05, 4.69) is 10.4 Å². The molecule has 0 saturated carbocycles. The summed E-state index contributed by atoms with van der Waals surface area (Å²) in [6.45, 7) is 3.12. The van der Waals surface area contributed by atoms with Crippen LogP contribution in [0.15, 0.2) is 0 Å². The van der Waals surface area contributed by atoms with Gasteiger partial charge in [0.15, 0.2) is 0 Å². The van der Waals surface area contributed by atoms with Gasteiger partial charge in [0, 0.05) is 26.2 Å². The fourth-order valence-electron chi connectivity index (χ4n) is 2.55. The zero-order valence-electron chi connectivity index (χ0n) is 12.3. The van der Waals surface area contributed by atoms with Gasteiger partial charge in [0.2, 0.25) is 10.0 Å². The van der Waals surface area contributed by atoms with Crippen LogP contribution in [0.3, 0.4) is 0 Å². The maximum Gasteiger partial charge on any atom is 0.211 e. The number of rotatable bonds is 4. The molecule has 7 nitrogen and oxygen atoms in total. The Balaban J connectivity index is 2.01. The summed E-state index contributed by atoms with van der Waals surface area (Å²) in [7, 11) is -1.21. The quantitative estimate of drug-likeness (QED) is 0.839. The van der Waals surface area contributed by atoms with Gasteiger partial charge in [-0.1, -0.05) is 6.92 Å². The van der Waals surface area contributed by atoms with Crippen molar-refractivity contribution in [3.63, 3.8) is 0 Å². The molecule has 0 unspecified atom stereocenters. The summed E-state index contributed by atoms with van der Waals surface area (Å²) in [6, 6.07) is 0.232. The van der Waals surface area contributed by atoms with E-state index in [4.69, 9.17) is 5.73 Å². The Labute approximate surface area is 120 Å². The van der Waals surface area contributed by atoms with Crippen LogP contribution in [0.25, 0.3) is 0 Å². The number of aromatic nitrogens is 2. The minimum absolute atomic E-state index is 0.232. The Morgan fingerprint density at radius 2 is 2.00 bits per heavy atom. The highest BCUT2D eigenvalue weighted by molar-refractivity contribution is 7.88. The number of hydrogen-bond donors (Lipinski definition) is 2. The van der Waals surface area contributed by atoms with Gasteiger partial charge in [0.1, 0.15) is 5.82 Å². The number of piperidine rings is 1. The van der Waals surface area contributed by atoms with Crippen molar-refractivity contribution < 1.29 is 8.42 Å². The lowest BCUT2D eigenvalue weighted by Gasteiger charge is -2.31. The average molecular weight is 301 g/mol. The second-order valence-corrected chi connectivity index (χ2v) is 7.25. The molecule has 1 aliphatic heterocycles. The summed E-state index contributed by atoms with van der Waals surface area (Å²) in [5, 5.41) is 7.77. The molecular formula is C12H23N5O2S. The van der Waals surface area contributed by atoms with Crippen LogP contribution in [-0.2, 0) is 23.5 Å². The predicted molar refractivity (Wildman–Crippen MR) is 80.1 cm³/mol. The van der Waals surface area contributed by atoms with Gasteiger partial charge in [-0.25, -0.2) is 12.7 Å². The first-order valence-electron chi connectivity index (χ1n) is 6.86. The zero-order chi connectivity index (χ0) is 14.9. The van der Waals surface area contributed by atoms with E-state index in [0.29, 0.717) is 18.8 Å². The summed E-state index contributed by atoms with van der Waals surface area (Å²) in [5.74, 6) is 0.833. The highest BCUT2D eigenvalue weighted by atomic mass is 32.2. The highest BCUT2D eigenvalue weighted by Gasteiger charge is 2.26. The van der Waals surface area contributed by atoms with Crippen molar-refractivity contribution in [3.05, 3.63) is 5.69 Å². The minimum Gasteiger partial charge on any atom is -0.394 e. The van der Waals surface area contributed by atoms with Gasteiger partial charge >= 0.3 is 0 Å². The van der Waals surface area contributed by atoms with Crippen LogP contribution in [-0.4, -0.2) is 47.9 Å². The number of sulfonamides is 1. The topological polar surface area (TPSA) is 93.2 Å². The van der Waals surface area contributed by atoms with E-state index in [1.807, 2.05) is 14.0 Å². The summed E-state index contributed by atoms with van der Waals surface area (Å²) < 4.78 is 26.2. The van der Waals surface area contributed by atoms with Crippen molar-refractivity contribution in [1.82, 2.24) is 14.1 Å². The zero-order valence-corrected chi connectivity index (χ0v) is 13.1. The lowest BCUT2D eigenvalue weighted by Crippen LogP contribution is -2.42. The SMILES string of the molecule is CCc1nn(C)c(NC2CCN(S(C)(=O)=O)CC2)c1N. The number of anilines is 2. The minimum atomic E-state index is -3.08. The molecule has 0 atom stereocenters. The van der Waals surface area contributed by atoms with Crippen LogP contribution < -0.4 is 11.1 Å². The first kappa shape index (κ1) is 15.1. The van der Waals surface area contributed by atoms with E-state index in [9.17, 15) is 8.42 Å². The molecule has 1 aromatic heterocycles. The van der Waals surface area contributed by atoms with Crippen molar-refractivity contribution >= 4 is 21.5 Å². The lowest BCUT2D eigenvalue weighted by atomic mass is 10.1. The van der Waals surface area contributed by atoms with Gasteiger partial charge in [-0.15, -0.1) is 0 Å². The van der Waals surface area contributed by atoms with Gasteiger partial charge in [0.25, 0.3) is 0 Å². The predicted octanol–water partition coefficient (Wildman–Crippen LogP) is 0.401. The molecule has 3 N–H and O–H groups in total. The number of nitrogen functional groups attached to an aromatic ring is 1. The van der Waals surface area contributed by atoms with Gasteiger partial charge < -0.3 is 11.1 Å². The van der Waals surface area contributed by atoms with Crippen LogP contribution in [0.2, 0.25) is 0 Å². The molecule has 1 aliphatic rings. The monoisotopic (exact) mass is 301 g/mol. The molecule has 20 heavy (non-hydrogen) atoms. The van der Waals surface area contributed by atoms with E-state index >= 15 is 0 Å². The van der Waals surface area contributed by atoms with Gasteiger partial charge in [-0.3, -0.25) is 4.68 Å². The van der Waals surface area contributed by atoms with E-state index in [0.717, 1.165) is 30.8 Å². The Hall–Kier alpha value is -1.28. The van der Waals surface area contributed by atoms with Crippen molar-refractivity contribution in [2.45, 2.75) is 32.2 Å². The fourth-order valence-corrected chi connectivity index (χ4v) is 3.43. The van der Waals surface area contributed by atoms with E-state index in [1.54, 1.807) is 4.68 Å². The molecule has 1 saturated heterocycles. The normalized spacial score (nSPS) is 18.4. The number of nitrogens with one attached hydrogen (secondary N) is 1. The third-order valence-corrected chi connectivity index (χ3v) is 5.06. The molecule has 0 radical (unpaired) electrons. The molecule has 1 fully saturated rings. The van der Waals surface area contributed by atoms with Crippen LogP contribution in [0, 0.1) is 0 Å². The highest BCUT2D eigenvalue weighted by Crippen LogP contribution is 2.25. The first-order valence-corrected chi connectivity index (χ1v) is 8.70. The lowest BCUT2D eigenvalue weighted by molar-refractivity contribution is 0.331. The van der Waals surface area contributed by atoms with Crippen molar-refractivity contribution in [2.75, 3.05) is 30.4 Å². The molecule has 0 bridgehead atoms. The second-order valence-electron chi connectivity index (χ2n) is 5.27. The Bertz CT molecular complexity index is 573. The Morgan fingerprint density at radius 3 is 2.45 bits per heavy atom. The Morgan fingerprint density at radius 1 is 1.40 bits per heavy atom. The van der Waals surface area contributed by atoms with E-state index in [-0.39, 0.29) is 6.04 Å². The largest absolute Gasteiger partial charge is 0.394 e. The molecule has 2 heterocycles. The second kappa shape index (κ2) is 5.61. The molecule has 0 spiro atoms. The maximum absolute atomic E-state index is 11.5. The van der Waals surface area contributed by atoms with Crippen LogP contribution >= 0.6 is 0 Å². The van der Waals surface area contributed by atoms with Crippen molar-refractivity contribution in [1.29, 1.82) is 0 Å². The smallest absolute Gasteiger partial charge is 0.211 e. The molecule has 0 aliphatic carbocycles. The number of nitrogens with two attached hydrogens (primary N) is 1. The summed E-state index contributed by atoms with van der Waals surface area (Å²) in [5.41, 5.74) is 7.66. The van der Waals surface area contributed by atoms with Gasteiger partial charge in [-0.05, 0) is 19.3 Å². The Kier molecular flexibility index (Phi) is 4.24. The summed E-state index contributed by atoms with van der Waals surface area (Å²) in [4.78, 5) is 0. The van der Waals surface area contributed by atoms with E-state index in [1.165, 1.54) is 10.6 Å². The third-order valence-electron chi connectivity index (χ3n) is 3.76. The van der Waals surface area contributed by atoms with E-state index < -0.39 is 10.0 Å². The molecule has 8 heteroatoms. The molecule has 2 rings (SSSR count). The molecule has 0 amide bonds. The molecular weight excluding hydrogens is 278 g/mol. The summed E-state index contributed by atoms with van der Waals surface area (Å²) in [6.07, 6.45) is 3.61. The first-order chi connectivity index (χ1) is 9.32. The third kappa shape index (κ3) is 3.06. The van der Waals surface area contributed by atoms with Crippen LogP contribution in [0.1, 0.15) is 25.5 Å². The number of nitrogens with zero attached hydrogens (tertiary/aromatic N) is 3. The molecule has 0 aromatic carbocycles. The molecule has 114 valence electrons. The fraction of sp³-hybridized carbons (Fsp3) is 0.750. The standard InChI is InChI=1S/C12H23N5O2S/c1-4-10-11(13)12(16(2)15-10)14-9-5-7-17(8-6-9)20(3,18)19/h9,14H,4-8,13H2,1-3H3. The average Bonchev–Trinajstić information content (AvgIpc) is 2.66. The molecule has 1 aromatic rings. The number of hydrogen-bond acceptors (Lipinski definition) is 5. The van der Waals surface area contributed by atoms with Crippen LogP contribution in [0.5, 0.6) is 0 Å². The van der Waals surface area contributed by atoms with Crippen molar-refractivity contribution in [3.8, 4) is 0 Å². The number of aryl methyl sites for hydroxylation is 2. The summed E-state index contributed by atoms with van der Waals surface area (Å²) >= 11 is 0. The van der Waals surface area contributed by atoms with Gasteiger partial charge in [-0.2, -0.15) is 5.10 Å². The maximum atomic E-state index is 11.5. The van der Waals surface area contributed by atoms with Gasteiger partial charge in [0.05, 0.1) is 17.6 Å². The van der Waals surface area contributed by atoms with Crippen LogP contribution in [0.4, 0.5) is 11.5 Å². The van der Waals surface area contributed by atoms with Crippen molar-refractivity contribution in [2.24, 2.45) is 7.05 Å².